The summed E-state index contributed by atoms with van der Waals surface area (Å²) in [5.41, 5.74) is 1.74. The Labute approximate surface area is 552 Å². The summed E-state index contributed by atoms with van der Waals surface area (Å²) in [5, 5.41) is 86.8. The van der Waals surface area contributed by atoms with E-state index in [0.717, 1.165) is 0 Å². The molecule has 0 spiro atoms. The lowest BCUT2D eigenvalue weighted by molar-refractivity contribution is -0.143. The number of hydrogen-bond acceptors (Lipinski definition) is 18. The van der Waals surface area contributed by atoms with Crippen molar-refractivity contribution in [1.29, 1.82) is 0 Å². The molecule has 3 aromatic rings. The first-order chi connectivity index (χ1) is 45.7. The van der Waals surface area contributed by atoms with E-state index in [1.807, 2.05) is 5.32 Å². The average molecular weight is 1350 g/mol. The molecule has 1 saturated heterocycles. The predicted molar refractivity (Wildman–Crippen MR) is 340 cm³/mol. The highest BCUT2D eigenvalue weighted by atomic mass is 16.4. The van der Waals surface area contributed by atoms with Gasteiger partial charge in [0.2, 0.25) is 35.4 Å². The van der Waals surface area contributed by atoms with Crippen LogP contribution in [-0.4, -0.2) is 266 Å². The van der Waals surface area contributed by atoms with Crippen LogP contribution in [0.1, 0.15) is 68.1 Å². The van der Waals surface area contributed by atoms with Crippen molar-refractivity contribution in [2.24, 2.45) is 0 Å². The molecule has 33 nitrogen and oxygen atoms in total. The van der Waals surface area contributed by atoms with E-state index in [1.54, 1.807) is 111 Å². The maximum Gasteiger partial charge on any atom is 0.326 e. The number of amides is 8. The Bertz CT molecular complexity index is 3060. The van der Waals surface area contributed by atoms with Gasteiger partial charge < -0.3 is 78.3 Å². The Kier molecular flexibility index (Phi) is 34.5. The molecule has 1 aliphatic heterocycles. The summed E-state index contributed by atoms with van der Waals surface area (Å²) in [6, 6.07) is 15.6. The molecular formula is C63H86N12O21. The van der Waals surface area contributed by atoms with Crippen LogP contribution in [-0.2, 0) is 81.6 Å². The van der Waals surface area contributed by atoms with Crippen LogP contribution in [0.2, 0.25) is 0 Å². The van der Waals surface area contributed by atoms with Gasteiger partial charge in [-0.3, -0.25) is 67.5 Å². The first-order valence-electron chi connectivity index (χ1n) is 31.1. The Hall–Kier alpha value is -10.1. The summed E-state index contributed by atoms with van der Waals surface area (Å²) in [6.45, 7) is -0.745. The lowest BCUT2D eigenvalue weighted by Gasteiger charge is -2.33. The van der Waals surface area contributed by atoms with Gasteiger partial charge in [0, 0.05) is 104 Å². The quantitative estimate of drug-likeness (QED) is 0.0270. The highest BCUT2D eigenvalue weighted by Gasteiger charge is 2.33. The Balaban J connectivity index is 1.43. The summed E-state index contributed by atoms with van der Waals surface area (Å²) in [4.78, 5) is 184. The minimum absolute atomic E-state index is 0.0443. The molecule has 33 heteroatoms. The lowest BCUT2D eigenvalue weighted by Crippen LogP contribution is -2.59. The summed E-state index contributed by atoms with van der Waals surface area (Å²) < 4.78 is 0. The maximum absolute atomic E-state index is 14.7. The summed E-state index contributed by atoms with van der Waals surface area (Å²) >= 11 is 0. The highest BCUT2D eigenvalue weighted by Crippen LogP contribution is 2.12. The zero-order chi connectivity index (χ0) is 70.5. The molecule has 3 aromatic carbocycles. The third kappa shape index (κ3) is 32.1. The zero-order valence-electron chi connectivity index (χ0n) is 52.9. The first-order valence-corrected chi connectivity index (χ1v) is 31.1. The number of urea groups is 1. The van der Waals surface area contributed by atoms with E-state index in [-0.39, 0.29) is 136 Å². The predicted octanol–water partition coefficient (Wildman–Crippen LogP) is -2.14. The van der Waals surface area contributed by atoms with Crippen molar-refractivity contribution in [2.75, 3.05) is 91.6 Å². The number of hydrogen-bond donors (Lipinski definition) is 15. The molecule has 96 heavy (non-hydrogen) atoms. The van der Waals surface area contributed by atoms with E-state index in [9.17, 15) is 97.8 Å². The molecule has 4 unspecified atom stereocenters. The second kappa shape index (κ2) is 42.3. The topological polar surface area (TPSA) is 490 Å². The van der Waals surface area contributed by atoms with Crippen molar-refractivity contribution in [1.82, 2.24) is 62.1 Å². The van der Waals surface area contributed by atoms with Crippen LogP contribution in [0, 0.1) is 0 Å². The maximum atomic E-state index is 14.7. The van der Waals surface area contributed by atoms with Crippen LogP contribution in [0.15, 0.2) is 91.0 Å². The third-order valence-electron chi connectivity index (χ3n) is 15.2. The number of unbranched alkanes of at least 4 members (excludes halogenated alkanes) is 1. The van der Waals surface area contributed by atoms with E-state index in [1.165, 1.54) is 0 Å². The Morgan fingerprint density at radius 2 is 0.646 bits per heavy atom. The van der Waals surface area contributed by atoms with Crippen LogP contribution in [0.5, 0.6) is 0 Å². The molecular weight excluding hydrogens is 1260 g/mol. The average Bonchev–Trinajstić information content (AvgIpc) is 1.06. The first kappa shape index (κ1) is 78.3. The molecule has 0 aromatic heterocycles. The van der Waals surface area contributed by atoms with Crippen LogP contribution in [0.4, 0.5) is 4.79 Å². The fraction of sp³-hybridized carbons (Fsp3) is 0.492. The van der Waals surface area contributed by atoms with Gasteiger partial charge in [-0.05, 0) is 48.8 Å². The van der Waals surface area contributed by atoms with Gasteiger partial charge >= 0.3 is 47.8 Å². The van der Waals surface area contributed by atoms with Crippen molar-refractivity contribution in [3.8, 4) is 0 Å². The van der Waals surface area contributed by atoms with E-state index in [4.69, 9.17) is 5.11 Å². The lowest BCUT2D eigenvalue weighted by atomic mass is 10.0. The minimum Gasteiger partial charge on any atom is -0.481 e. The number of rotatable bonds is 40. The van der Waals surface area contributed by atoms with Gasteiger partial charge in [-0.25, -0.2) is 19.2 Å². The van der Waals surface area contributed by atoms with Crippen molar-refractivity contribution >= 4 is 83.3 Å². The molecule has 8 amide bonds. The number of carbonyl (C=O) groups excluding carboxylic acids is 7. The molecule has 1 fully saturated rings. The Morgan fingerprint density at radius 1 is 0.323 bits per heavy atom. The normalized spacial score (nSPS) is 15.3. The van der Waals surface area contributed by atoms with Crippen LogP contribution in [0.25, 0.3) is 0 Å². The van der Waals surface area contributed by atoms with Crippen molar-refractivity contribution in [3.63, 3.8) is 0 Å². The van der Waals surface area contributed by atoms with Gasteiger partial charge in [0.05, 0.1) is 26.2 Å². The number of carbonyl (C=O) groups is 14. The van der Waals surface area contributed by atoms with Gasteiger partial charge in [-0.1, -0.05) is 91.0 Å². The molecule has 1 aliphatic rings. The van der Waals surface area contributed by atoms with Crippen LogP contribution < -0.4 is 42.5 Å². The van der Waals surface area contributed by atoms with Gasteiger partial charge in [0.1, 0.15) is 36.3 Å². The van der Waals surface area contributed by atoms with Gasteiger partial charge in [-0.2, -0.15) is 0 Å². The third-order valence-corrected chi connectivity index (χ3v) is 15.2. The molecule has 4 rings (SSSR count). The van der Waals surface area contributed by atoms with Gasteiger partial charge in [-0.15, -0.1) is 0 Å². The fourth-order valence-corrected chi connectivity index (χ4v) is 10.1. The summed E-state index contributed by atoms with van der Waals surface area (Å²) in [5.74, 6) is -13.6. The second-order valence-corrected chi connectivity index (χ2v) is 22.8. The molecule has 0 bridgehead atoms. The molecule has 1 heterocycles. The molecule has 15 N–H and O–H groups in total. The minimum atomic E-state index is -1.63. The van der Waals surface area contributed by atoms with Crippen LogP contribution >= 0.6 is 0 Å². The number of nitrogens with zero attached hydrogens (tertiary/aromatic N) is 4. The van der Waals surface area contributed by atoms with E-state index in [2.05, 4.69) is 37.2 Å². The molecule has 0 saturated carbocycles. The molecule has 0 aliphatic carbocycles. The molecule has 0 radical (unpaired) electrons. The van der Waals surface area contributed by atoms with Gasteiger partial charge in [0.15, 0.2) is 0 Å². The van der Waals surface area contributed by atoms with Crippen molar-refractivity contribution in [2.45, 2.75) is 107 Å². The monoisotopic (exact) mass is 1350 g/mol. The summed E-state index contributed by atoms with van der Waals surface area (Å²) in [7, 11) is 0. The SMILES string of the molecule is O=C(O)CC[C@H](NC(=O)N[C@@H](CCCCNC(=O)CCC(=O)NCCC(NC(=O)C(Cc1ccccc1)NC(=O)C(Cc1ccccc1)NC(=O)C(Cc1ccccc1)NC(=O)CN1CCN(CC(=O)O)CCN(CC(=O)O)CCN(CC(=O)O)CC1)C(=O)O)C(=O)O)C(=O)O. The zero-order valence-corrected chi connectivity index (χ0v) is 52.9. The highest BCUT2D eigenvalue weighted by molar-refractivity contribution is 5.96. The number of carboxylic acid groups (broad SMARTS) is 7. The van der Waals surface area contributed by atoms with Crippen molar-refractivity contribution < 1.29 is 103 Å². The standard InChI is InChI=1S/C63H86N12O21/c76-50(64-24-11-10-18-44(60(90)91)70-63(96)71-45(61(92)93)19-22-53(79)80)20-21-51(77)65-25-23-46(62(94)95)67-58(88)48(35-42-14-6-2-7-15-42)69-59(89)49(36-43-16-8-3-9-17-43)68-57(87)47(34-41-12-4-1-5-13-41)66-52(78)37-72-26-28-73(38-54(81)82)30-32-75(40-56(85)86)33-31-74(29-27-72)39-55(83)84/h1-9,12-17,44-49H,10-11,18-40H2,(H,64,76)(H,65,77)(H,66,78)(H,67,88)(H,68,87)(H,69,89)(H,79,80)(H,81,82)(H,83,84)(H,85,86)(H,90,91)(H,92,93)(H,94,95)(H2,70,71,96)/t44-,45-,46?,47?,48?,49?/m0/s1. The van der Waals surface area contributed by atoms with Crippen LogP contribution in [0.3, 0.4) is 0 Å². The largest absolute Gasteiger partial charge is 0.481 e. The number of aliphatic carboxylic acids is 7. The Morgan fingerprint density at radius 3 is 1.00 bits per heavy atom. The summed E-state index contributed by atoms with van der Waals surface area (Å²) in [6.07, 6.45) is -2.12. The number of nitrogens with one attached hydrogen (secondary N) is 8. The van der Waals surface area contributed by atoms with Crippen molar-refractivity contribution in [3.05, 3.63) is 108 Å². The number of carboxylic acids is 7. The number of benzene rings is 3. The smallest absolute Gasteiger partial charge is 0.326 e. The second-order valence-electron chi connectivity index (χ2n) is 22.8. The molecule has 6 atom stereocenters. The van der Waals surface area contributed by atoms with E-state index < -0.39 is 145 Å². The fourth-order valence-electron chi connectivity index (χ4n) is 10.1. The van der Waals surface area contributed by atoms with Gasteiger partial charge in [0.25, 0.3) is 0 Å². The van der Waals surface area contributed by atoms with E-state index >= 15 is 0 Å². The molecule has 524 valence electrons. The van der Waals surface area contributed by atoms with E-state index in [0.29, 0.717) is 16.7 Å².